The molecule has 0 amide bonds. The van der Waals surface area contributed by atoms with Gasteiger partial charge in [0.25, 0.3) is 0 Å². The first-order chi connectivity index (χ1) is 15.9. The summed E-state index contributed by atoms with van der Waals surface area (Å²) in [5.41, 5.74) is 7.84. The maximum Gasteiger partial charge on any atom is 0.196 e. The number of fused-ring (bicyclic) bond motifs is 2. The molecular weight excluding hydrogens is 406 g/mol. The summed E-state index contributed by atoms with van der Waals surface area (Å²) in [7, 11) is 0. The summed E-state index contributed by atoms with van der Waals surface area (Å²) in [4.78, 5) is 29.2. The van der Waals surface area contributed by atoms with Crippen LogP contribution in [0.4, 0.5) is 17.1 Å². The van der Waals surface area contributed by atoms with Gasteiger partial charge in [0, 0.05) is 32.7 Å². The highest BCUT2D eigenvalue weighted by atomic mass is 16.1. The Morgan fingerprint density at radius 3 is 1.79 bits per heavy atom. The molecule has 0 bridgehead atoms. The van der Waals surface area contributed by atoms with Gasteiger partial charge in [0.15, 0.2) is 10.9 Å². The minimum Gasteiger partial charge on any atom is -0.309 e. The van der Waals surface area contributed by atoms with Crippen molar-refractivity contribution in [3.63, 3.8) is 0 Å². The van der Waals surface area contributed by atoms with Crippen molar-refractivity contribution in [2.75, 3.05) is 4.90 Å². The van der Waals surface area contributed by atoms with Crippen LogP contribution in [-0.2, 0) is 5.41 Å². The van der Waals surface area contributed by atoms with Crippen molar-refractivity contribution < 1.29 is 0 Å². The van der Waals surface area contributed by atoms with Crippen molar-refractivity contribution >= 4 is 38.6 Å². The normalized spacial score (nSPS) is 14.9. The van der Waals surface area contributed by atoms with E-state index in [1.165, 1.54) is 11.1 Å². The first-order valence-electron chi connectivity index (χ1n) is 11.3. The third-order valence-electron chi connectivity index (χ3n) is 7.67. The van der Waals surface area contributed by atoms with E-state index < -0.39 is 0 Å². The Morgan fingerprint density at radius 1 is 0.606 bits per heavy atom. The van der Waals surface area contributed by atoms with Crippen LogP contribution < -0.4 is 15.8 Å². The van der Waals surface area contributed by atoms with Gasteiger partial charge in [-0.25, -0.2) is 0 Å². The van der Waals surface area contributed by atoms with Gasteiger partial charge in [-0.1, -0.05) is 62.4 Å². The van der Waals surface area contributed by atoms with Crippen LogP contribution in [0.3, 0.4) is 0 Å². The van der Waals surface area contributed by atoms with Crippen molar-refractivity contribution in [1.29, 1.82) is 0 Å². The molecule has 158 valence electrons. The molecule has 3 nitrogen and oxygen atoms in total. The smallest absolute Gasteiger partial charge is 0.196 e. The lowest BCUT2D eigenvalue weighted by atomic mass is 9.73. The highest BCUT2D eigenvalue weighted by Crippen LogP contribution is 2.54. The van der Waals surface area contributed by atoms with Gasteiger partial charge in [-0.15, -0.1) is 0 Å². The number of anilines is 3. The van der Waals surface area contributed by atoms with Gasteiger partial charge in [-0.3, -0.25) is 9.59 Å². The summed E-state index contributed by atoms with van der Waals surface area (Å²) < 4.78 is 0. The zero-order chi connectivity index (χ0) is 22.6. The third kappa shape index (κ3) is 2.06. The summed E-state index contributed by atoms with van der Waals surface area (Å²) in [6.45, 7) is 6.45. The predicted octanol–water partition coefficient (Wildman–Crippen LogP) is 6.55. The second kappa shape index (κ2) is 5.87. The van der Waals surface area contributed by atoms with E-state index in [0.29, 0.717) is 21.5 Å². The Hall–Kier alpha value is -3.98. The van der Waals surface area contributed by atoms with Gasteiger partial charge in [0.2, 0.25) is 0 Å². The Bertz CT molecular complexity index is 1750. The molecule has 4 aromatic rings. The minimum atomic E-state index is -0.173. The van der Waals surface area contributed by atoms with Gasteiger partial charge in [0.1, 0.15) is 0 Å². The van der Waals surface area contributed by atoms with E-state index in [-0.39, 0.29) is 16.3 Å². The quantitative estimate of drug-likeness (QED) is 0.299. The molecule has 1 heterocycles. The lowest BCUT2D eigenvalue weighted by Gasteiger charge is -2.42. The van der Waals surface area contributed by atoms with E-state index in [0.717, 1.165) is 33.8 Å². The van der Waals surface area contributed by atoms with E-state index in [9.17, 15) is 9.59 Å². The third-order valence-corrected chi connectivity index (χ3v) is 7.67. The van der Waals surface area contributed by atoms with Crippen LogP contribution in [0.1, 0.15) is 30.5 Å². The number of nitrogens with zero attached hydrogens (tertiary/aromatic N) is 1. The average molecular weight is 428 g/mol. The van der Waals surface area contributed by atoms with Crippen molar-refractivity contribution in [2.45, 2.75) is 26.2 Å². The second-order valence-corrected chi connectivity index (χ2v) is 9.72. The van der Waals surface area contributed by atoms with Crippen LogP contribution in [0, 0.1) is 6.92 Å². The molecule has 2 aliphatic carbocycles. The Labute approximate surface area is 190 Å². The molecule has 0 unspecified atom stereocenters. The van der Waals surface area contributed by atoms with Crippen molar-refractivity contribution in [2.24, 2.45) is 0 Å². The topological polar surface area (TPSA) is 37.4 Å². The molecule has 4 aromatic carbocycles. The number of hydrogen-bond donors (Lipinski definition) is 0. The van der Waals surface area contributed by atoms with E-state index in [2.05, 4.69) is 55.1 Å². The van der Waals surface area contributed by atoms with Crippen LogP contribution >= 0.6 is 0 Å². The van der Waals surface area contributed by atoms with E-state index in [1.807, 2.05) is 43.3 Å². The second-order valence-electron chi connectivity index (χ2n) is 9.72. The Balaban J connectivity index is 1.66. The SMILES string of the molecule is Cc1ccc2c3c1c(=O)c1c(N4c5ccccc5C(C)(C)c5ccccc54)ccc(c1-3)c2=O. The van der Waals surface area contributed by atoms with Gasteiger partial charge in [-0.05, 0) is 47.9 Å². The van der Waals surface area contributed by atoms with Crippen molar-refractivity contribution in [3.8, 4) is 11.1 Å². The zero-order valence-corrected chi connectivity index (χ0v) is 18.7. The first kappa shape index (κ1) is 18.6. The average Bonchev–Trinajstić information content (AvgIpc) is 3.29. The van der Waals surface area contributed by atoms with Crippen LogP contribution in [0.25, 0.3) is 32.7 Å². The van der Waals surface area contributed by atoms with Gasteiger partial charge in [-0.2, -0.15) is 0 Å². The summed E-state index contributed by atoms with van der Waals surface area (Å²) in [6.07, 6.45) is 0. The fourth-order valence-electron chi connectivity index (χ4n) is 6.10. The largest absolute Gasteiger partial charge is 0.309 e. The molecule has 0 spiro atoms. The molecule has 0 fully saturated rings. The number of hydrogen-bond acceptors (Lipinski definition) is 3. The van der Waals surface area contributed by atoms with Crippen LogP contribution in [0.15, 0.2) is 82.4 Å². The standard InChI is InChI=1S/C30H21NO2/c1-16-12-13-17-25-24(16)29(33)27-23(15-14-18(26(25)27)28(17)32)31-21-10-6-4-8-19(21)30(2,3)20-9-5-7-11-22(20)31/h4-15H,1-3H3. The minimum absolute atomic E-state index is 0.0159. The first-order valence-corrected chi connectivity index (χ1v) is 11.3. The highest BCUT2D eigenvalue weighted by Gasteiger charge is 2.38. The number of para-hydroxylation sites is 2. The summed E-state index contributed by atoms with van der Waals surface area (Å²) in [6, 6.07) is 24.5. The Morgan fingerprint density at radius 2 is 1.15 bits per heavy atom. The monoisotopic (exact) mass is 427 g/mol. The van der Waals surface area contributed by atoms with Crippen LogP contribution in [0.2, 0.25) is 0 Å². The molecule has 0 saturated carbocycles. The molecule has 0 atom stereocenters. The summed E-state index contributed by atoms with van der Waals surface area (Å²) in [5, 5.41) is 2.62. The number of benzene rings is 4. The molecule has 33 heavy (non-hydrogen) atoms. The molecule has 3 heteroatoms. The lowest BCUT2D eigenvalue weighted by Crippen LogP contribution is -2.30. The molecule has 3 aliphatic rings. The Kier molecular flexibility index (Phi) is 3.31. The highest BCUT2D eigenvalue weighted by molar-refractivity contribution is 6.21. The molecule has 0 N–H and O–H groups in total. The van der Waals surface area contributed by atoms with Crippen molar-refractivity contribution in [1.82, 2.24) is 0 Å². The lowest BCUT2D eigenvalue weighted by molar-refractivity contribution is 0.632. The van der Waals surface area contributed by atoms with Gasteiger partial charge in [0.05, 0.1) is 22.4 Å². The summed E-state index contributed by atoms with van der Waals surface area (Å²) in [5.74, 6) is 0. The van der Waals surface area contributed by atoms with Gasteiger partial charge >= 0.3 is 0 Å². The fraction of sp³-hybridized carbons (Fsp3) is 0.133. The van der Waals surface area contributed by atoms with E-state index in [1.54, 1.807) is 0 Å². The van der Waals surface area contributed by atoms with Crippen LogP contribution in [0.5, 0.6) is 0 Å². The zero-order valence-electron chi connectivity index (χ0n) is 18.7. The molecule has 0 aromatic heterocycles. The molecular formula is C30H21NO2. The van der Waals surface area contributed by atoms with Crippen molar-refractivity contribution in [3.05, 3.63) is 110 Å². The van der Waals surface area contributed by atoms with Gasteiger partial charge < -0.3 is 4.90 Å². The molecule has 1 aliphatic heterocycles. The van der Waals surface area contributed by atoms with Crippen LogP contribution in [-0.4, -0.2) is 0 Å². The number of rotatable bonds is 1. The molecule has 0 radical (unpaired) electrons. The summed E-state index contributed by atoms with van der Waals surface area (Å²) >= 11 is 0. The van der Waals surface area contributed by atoms with E-state index >= 15 is 0 Å². The van der Waals surface area contributed by atoms with E-state index in [4.69, 9.17) is 0 Å². The fourth-order valence-corrected chi connectivity index (χ4v) is 6.10. The molecule has 0 saturated heterocycles. The number of aryl methyl sites for hydroxylation is 1. The maximum absolute atomic E-state index is 13.9. The molecule has 7 rings (SSSR count). The maximum atomic E-state index is 13.9. The predicted molar refractivity (Wildman–Crippen MR) is 136 cm³/mol.